The van der Waals surface area contributed by atoms with Crippen LogP contribution in [-0.2, 0) is 0 Å². The normalized spacial score (nSPS) is 14.8. The standard InChI is InChI=1S/C17H30N2S/c1-14(2)11-18-12-17(16-9-7-6-8-10-16)19(4)15(3)13-20-5/h6-10,14-15,17-18H,11-13H2,1-5H3. The number of nitrogens with one attached hydrogen (secondary N) is 1. The van der Waals surface area contributed by atoms with Crippen LogP contribution in [0.1, 0.15) is 32.4 Å². The van der Waals surface area contributed by atoms with Crippen LogP contribution < -0.4 is 5.32 Å². The van der Waals surface area contributed by atoms with E-state index in [0.29, 0.717) is 18.0 Å². The zero-order valence-corrected chi connectivity index (χ0v) is 14.4. The SMILES string of the molecule is CSCC(C)N(C)C(CNCC(C)C)c1ccccc1. The van der Waals surface area contributed by atoms with Gasteiger partial charge in [-0.05, 0) is 38.3 Å². The van der Waals surface area contributed by atoms with E-state index in [1.165, 1.54) is 11.3 Å². The second-order valence-corrected chi connectivity index (χ2v) is 6.86. The molecule has 20 heavy (non-hydrogen) atoms. The van der Waals surface area contributed by atoms with Crippen LogP contribution in [0.4, 0.5) is 0 Å². The highest BCUT2D eigenvalue weighted by atomic mass is 32.2. The van der Waals surface area contributed by atoms with Gasteiger partial charge in [0.15, 0.2) is 0 Å². The first kappa shape index (κ1) is 17.5. The summed E-state index contributed by atoms with van der Waals surface area (Å²) in [6, 6.07) is 11.9. The third-order valence-corrected chi connectivity index (χ3v) is 4.49. The van der Waals surface area contributed by atoms with E-state index in [1.807, 2.05) is 11.8 Å². The van der Waals surface area contributed by atoms with Gasteiger partial charge in [-0.3, -0.25) is 4.90 Å². The van der Waals surface area contributed by atoms with Gasteiger partial charge in [-0.25, -0.2) is 0 Å². The highest BCUT2D eigenvalue weighted by Gasteiger charge is 2.20. The van der Waals surface area contributed by atoms with Gasteiger partial charge in [-0.1, -0.05) is 44.2 Å². The molecule has 0 spiro atoms. The van der Waals surface area contributed by atoms with Crippen molar-refractivity contribution in [2.75, 3.05) is 32.1 Å². The average molecular weight is 295 g/mol. The molecular weight excluding hydrogens is 264 g/mol. The van der Waals surface area contributed by atoms with Crippen LogP contribution in [0.2, 0.25) is 0 Å². The first-order valence-corrected chi connectivity index (χ1v) is 8.92. The molecule has 0 aliphatic carbocycles. The third kappa shape index (κ3) is 5.86. The summed E-state index contributed by atoms with van der Waals surface area (Å²) in [5, 5.41) is 3.61. The number of benzene rings is 1. The van der Waals surface area contributed by atoms with Crippen LogP contribution in [-0.4, -0.2) is 43.1 Å². The molecule has 2 unspecified atom stereocenters. The van der Waals surface area contributed by atoms with E-state index >= 15 is 0 Å². The highest BCUT2D eigenvalue weighted by molar-refractivity contribution is 7.98. The molecule has 3 heteroatoms. The summed E-state index contributed by atoms with van der Waals surface area (Å²) in [7, 11) is 2.25. The molecule has 1 aromatic carbocycles. The molecule has 1 N–H and O–H groups in total. The number of likely N-dealkylation sites (N-methyl/N-ethyl adjacent to an activating group) is 1. The smallest absolute Gasteiger partial charge is 0.0472 e. The maximum absolute atomic E-state index is 3.61. The third-order valence-electron chi connectivity index (χ3n) is 3.67. The summed E-state index contributed by atoms with van der Waals surface area (Å²) in [5.41, 5.74) is 1.40. The molecule has 1 rings (SSSR count). The van der Waals surface area contributed by atoms with Crippen LogP contribution in [0.15, 0.2) is 30.3 Å². The highest BCUT2D eigenvalue weighted by Crippen LogP contribution is 2.21. The average Bonchev–Trinajstić information content (AvgIpc) is 2.44. The molecule has 0 fully saturated rings. The van der Waals surface area contributed by atoms with Gasteiger partial charge in [0.1, 0.15) is 0 Å². The maximum atomic E-state index is 3.61. The monoisotopic (exact) mass is 294 g/mol. The fourth-order valence-corrected chi connectivity index (χ4v) is 3.06. The Morgan fingerprint density at radius 1 is 1.10 bits per heavy atom. The van der Waals surface area contributed by atoms with Crippen LogP contribution in [0, 0.1) is 5.92 Å². The van der Waals surface area contributed by atoms with Crippen molar-refractivity contribution in [1.82, 2.24) is 10.2 Å². The molecule has 0 saturated carbocycles. The van der Waals surface area contributed by atoms with Gasteiger partial charge >= 0.3 is 0 Å². The van der Waals surface area contributed by atoms with Crippen LogP contribution in [0.3, 0.4) is 0 Å². The number of rotatable bonds is 9. The number of thioether (sulfide) groups is 1. The molecule has 0 aliphatic heterocycles. The van der Waals surface area contributed by atoms with E-state index < -0.39 is 0 Å². The zero-order valence-electron chi connectivity index (χ0n) is 13.6. The quantitative estimate of drug-likeness (QED) is 0.748. The molecule has 0 amide bonds. The maximum Gasteiger partial charge on any atom is 0.0472 e. The first-order chi connectivity index (χ1) is 9.56. The van der Waals surface area contributed by atoms with Crippen LogP contribution in [0.5, 0.6) is 0 Å². The largest absolute Gasteiger partial charge is 0.315 e. The van der Waals surface area contributed by atoms with Gasteiger partial charge in [0.25, 0.3) is 0 Å². The predicted molar refractivity (Wildman–Crippen MR) is 92.5 cm³/mol. The van der Waals surface area contributed by atoms with Gasteiger partial charge in [-0.15, -0.1) is 0 Å². The van der Waals surface area contributed by atoms with Crippen LogP contribution >= 0.6 is 11.8 Å². The van der Waals surface area contributed by atoms with Crippen molar-refractivity contribution in [3.8, 4) is 0 Å². The van der Waals surface area contributed by atoms with E-state index in [9.17, 15) is 0 Å². The summed E-state index contributed by atoms with van der Waals surface area (Å²) in [5.74, 6) is 1.87. The Labute approximate surface area is 129 Å². The molecule has 0 heterocycles. The van der Waals surface area contributed by atoms with E-state index in [2.05, 4.69) is 74.6 Å². The van der Waals surface area contributed by atoms with Crippen molar-refractivity contribution in [2.24, 2.45) is 5.92 Å². The van der Waals surface area contributed by atoms with Gasteiger partial charge in [0.2, 0.25) is 0 Å². The van der Waals surface area contributed by atoms with Crippen molar-refractivity contribution < 1.29 is 0 Å². The molecule has 0 saturated heterocycles. The van der Waals surface area contributed by atoms with Crippen LogP contribution in [0.25, 0.3) is 0 Å². The minimum atomic E-state index is 0.442. The first-order valence-electron chi connectivity index (χ1n) is 7.52. The van der Waals surface area contributed by atoms with Crippen molar-refractivity contribution in [1.29, 1.82) is 0 Å². The van der Waals surface area contributed by atoms with Crippen molar-refractivity contribution in [3.63, 3.8) is 0 Å². The lowest BCUT2D eigenvalue weighted by Gasteiger charge is -2.33. The molecule has 0 aromatic heterocycles. The Hall–Kier alpha value is -0.510. The Morgan fingerprint density at radius 2 is 1.75 bits per heavy atom. The number of hydrogen-bond acceptors (Lipinski definition) is 3. The summed E-state index contributed by atoms with van der Waals surface area (Å²) in [6.07, 6.45) is 2.18. The minimum absolute atomic E-state index is 0.442. The van der Waals surface area contributed by atoms with E-state index in [0.717, 1.165) is 13.1 Å². The van der Waals surface area contributed by atoms with E-state index in [1.54, 1.807) is 0 Å². The lowest BCUT2D eigenvalue weighted by Crippen LogP contribution is -2.40. The lowest BCUT2D eigenvalue weighted by molar-refractivity contribution is 0.194. The molecule has 0 radical (unpaired) electrons. The zero-order chi connectivity index (χ0) is 15.0. The summed E-state index contributed by atoms with van der Waals surface area (Å²) in [6.45, 7) is 8.91. The van der Waals surface area contributed by atoms with Gasteiger partial charge in [0.05, 0.1) is 0 Å². The summed E-state index contributed by atoms with van der Waals surface area (Å²) < 4.78 is 0. The van der Waals surface area contributed by atoms with E-state index in [-0.39, 0.29) is 0 Å². The fraction of sp³-hybridized carbons (Fsp3) is 0.647. The molecule has 2 nitrogen and oxygen atoms in total. The number of nitrogens with zero attached hydrogens (tertiary/aromatic N) is 1. The molecule has 1 aromatic rings. The van der Waals surface area contributed by atoms with Gasteiger partial charge in [-0.2, -0.15) is 11.8 Å². The van der Waals surface area contributed by atoms with Gasteiger partial charge < -0.3 is 5.32 Å². The molecule has 0 bridgehead atoms. The minimum Gasteiger partial charge on any atom is -0.315 e. The van der Waals surface area contributed by atoms with Crippen molar-refractivity contribution >= 4 is 11.8 Å². The summed E-state index contributed by atoms with van der Waals surface area (Å²) in [4.78, 5) is 2.50. The topological polar surface area (TPSA) is 15.3 Å². The molecular formula is C17H30N2S. The Bertz CT molecular complexity index is 353. The second-order valence-electron chi connectivity index (χ2n) is 5.95. The van der Waals surface area contributed by atoms with E-state index in [4.69, 9.17) is 0 Å². The summed E-state index contributed by atoms with van der Waals surface area (Å²) >= 11 is 1.92. The second kappa shape index (κ2) is 9.43. The van der Waals surface area contributed by atoms with Crippen molar-refractivity contribution in [2.45, 2.75) is 32.9 Å². The fourth-order valence-electron chi connectivity index (χ4n) is 2.35. The number of hydrogen-bond donors (Lipinski definition) is 1. The molecule has 0 aliphatic rings. The predicted octanol–water partition coefficient (Wildman–Crippen LogP) is 3.66. The Morgan fingerprint density at radius 3 is 2.30 bits per heavy atom. The van der Waals surface area contributed by atoms with Crippen molar-refractivity contribution in [3.05, 3.63) is 35.9 Å². The molecule has 114 valence electrons. The van der Waals surface area contributed by atoms with Gasteiger partial charge in [0, 0.05) is 24.4 Å². The lowest BCUT2D eigenvalue weighted by atomic mass is 10.0. The Kier molecular flexibility index (Phi) is 8.27. The Balaban J connectivity index is 2.73. The molecule has 2 atom stereocenters.